The lowest BCUT2D eigenvalue weighted by Gasteiger charge is -2.06. The van der Waals surface area contributed by atoms with Gasteiger partial charge in [-0.15, -0.1) is 0 Å². The summed E-state index contributed by atoms with van der Waals surface area (Å²) in [6, 6.07) is 13.8. The van der Waals surface area contributed by atoms with Gasteiger partial charge in [0.25, 0.3) is 0 Å². The zero-order valence-electron chi connectivity index (χ0n) is 12.7. The molecule has 1 aliphatic heterocycles. The molecule has 1 fully saturated rings. The fourth-order valence-corrected chi connectivity index (χ4v) is 2.47. The van der Waals surface area contributed by atoms with Crippen LogP contribution in [0.2, 0.25) is 0 Å². The molecule has 3 rings (SSSR count). The van der Waals surface area contributed by atoms with E-state index in [0.717, 1.165) is 12.0 Å². The fraction of sp³-hybridized carbons (Fsp3) is 0.333. The molecule has 0 aliphatic carbocycles. The van der Waals surface area contributed by atoms with Crippen molar-refractivity contribution >= 4 is 5.97 Å². The van der Waals surface area contributed by atoms with Gasteiger partial charge < -0.3 is 14.6 Å². The highest BCUT2D eigenvalue weighted by molar-refractivity contribution is 5.66. The molecule has 0 amide bonds. The van der Waals surface area contributed by atoms with Crippen molar-refractivity contribution < 1.29 is 19.4 Å². The van der Waals surface area contributed by atoms with E-state index in [-0.39, 0.29) is 18.6 Å². The molecule has 5 heteroatoms. The summed E-state index contributed by atoms with van der Waals surface area (Å²) in [6.07, 6.45) is 3.55. The molecule has 1 aliphatic rings. The average molecular weight is 313 g/mol. The molecule has 2 unspecified atom stereocenters. The van der Waals surface area contributed by atoms with Crippen LogP contribution < -0.4 is 4.74 Å². The van der Waals surface area contributed by atoms with Crippen LogP contribution in [0.4, 0.5) is 0 Å². The fourth-order valence-electron chi connectivity index (χ4n) is 2.47. The number of carbonyl (C=O) groups is 1. The lowest BCUT2D eigenvalue weighted by atomic mass is 10.0. The molecule has 23 heavy (non-hydrogen) atoms. The summed E-state index contributed by atoms with van der Waals surface area (Å²) in [6.45, 7) is 0.485. The first-order chi connectivity index (χ1) is 11.2. The maximum Gasteiger partial charge on any atom is 0.303 e. The van der Waals surface area contributed by atoms with Gasteiger partial charge in [0.05, 0.1) is 12.2 Å². The van der Waals surface area contributed by atoms with Gasteiger partial charge >= 0.3 is 5.97 Å². The van der Waals surface area contributed by atoms with Gasteiger partial charge in [0.15, 0.2) is 0 Å². The molecule has 1 aromatic heterocycles. The van der Waals surface area contributed by atoms with E-state index < -0.39 is 5.97 Å². The Kier molecular flexibility index (Phi) is 4.88. The topological polar surface area (TPSA) is 72.0 Å². The molecular formula is C18H19NO4. The molecule has 0 radical (unpaired) electrons. The maximum absolute atomic E-state index is 10.5. The highest BCUT2D eigenvalue weighted by Gasteiger charge is 2.38. The number of carboxylic acids is 1. The Morgan fingerprint density at radius 2 is 1.91 bits per heavy atom. The number of aromatic nitrogens is 1. The van der Waals surface area contributed by atoms with Crippen molar-refractivity contribution in [2.45, 2.75) is 38.1 Å². The summed E-state index contributed by atoms with van der Waals surface area (Å²) in [4.78, 5) is 14.6. The number of epoxide rings is 1. The van der Waals surface area contributed by atoms with Crippen LogP contribution in [-0.4, -0.2) is 28.3 Å². The lowest BCUT2D eigenvalue weighted by Crippen LogP contribution is -2.03. The predicted octanol–water partition coefficient (Wildman–Crippen LogP) is 2.84. The van der Waals surface area contributed by atoms with Crippen LogP contribution in [0.3, 0.4) is 0 Å². The van der Waals surface area contributed by atoms with E-state index in [4.69, 9.17) is 14.6 Å². The van der Waals surface area contributed by atoms with E-state index in [1.165, 1.54) is 5.56 Å². The first-order valence-electron chi connectivity index (χ1n) is 7.69. The SMILES string of the molecule is O=C(O)CCC1OC1Cc1ccc(COc2ccccn2)cc1. The largest absolute Gasteiger partial charge is 0.481 e. The van der Waals surface area contributed by atoms with Gasteiger partial charge in [0, 0.05) is 25.1 Å². The van der Waals surface area contributed by atoms with E-state index >= 15 is 0 Å². The lowest BCUT2D eigenvalue weighted by molar-refractivity contribution is -0.137. The number of hydrogen-bond acceptors (Lipinski definition) is 4. The molecule has 0 bridgehead atoms. The Balaban J connectivity index is 1.44. The standard InChI is InChI=1S/C18H19NO4/c20-18(21)9-8-15-16(23-15)11-13-4-6-14(7-5-13)12-22-17-3-1-2-10-19-17/h1-7,10,15-16H,8-9,11-12H2,(H,20,21). The van der Waals surface area contributed by atoms with Gasteiger partial charge in [0.1, 0.15) is 6.61 Å². The third-order valence-corrected chi connectivity index (χ3v) is 3.81. The van der Waals surface area contributed by atoms with Crippen molar-refractivity contribution in [3.05, 3.63) is 59.8 Å². The van der Waals surface area contributed by atoms with Gasteiger partial charge in [-0.25, -0.2) is 4.98 Å². The molecule has 2 aromatic rings. The van der Waals surface area contributed by atoms with E-state index in [1.807, 2.05) is 30.3 Å². The summed E-state index contributed by atoms with van der Waals surface area (Å²) in [5, 5.41) is 8.66. The zero-order valence-corrected chi connectivity index (χ0v) is 12.7. The molecule has 1 saturated heterocycles. The van der Waals surface area contributed by atoms with Crippen LogP contribution in [0.25, 0.3) is 0 Å². The van der Waals surface area contributed by atoms with E-state index in [9.17, 15) is 4.79 Å². The van der Waals surface area contributed by atoms with Crippen molar-refractivity contribution in [1.82, 2.24) is 4.98 Å². The van der Waals surface area contributed by atoms with E-state index in [1.54, 1.807) is 6.20 Å². The number of hydrogen-bond donors (Lipinski definition) is 1. The molecule has 120 valence electrons. The highest BCUT2D eigenvalue weighted by Crippen LogP contribution is 2.29. The van der Waals surface area contributed by atoms with Crippen LogP contribution in [0, 0.1) is 0 Å². The summed E-state index contributed by atoms with van der Waals surface area (Å²) >= 11 is 0. The number of pyridine rings is 1. The summed E-state index contributed by atoms with van der Waals surface area (Å²) in [5.41, 5.74) is 2.27. The monoisotopic (exact) mass is 313 g/mol. The first-order valence-corrected chi connectivity index (χ1v) is 7.69. The van der Waals surface area contributed by atoms with Crippen LogP contribution in [0.15, 0.2) is 48.7 Å². The van der Waals surface area contributed by atoms with Crippen molar-refractivity contribution in [3.63, 3.8) is 0 Å². The Labute approximate surface area is 134 Å². The molecule has 0 saturated carbocycles. The highest BCUT2D eigenvalue weighted by atomic mass is 16.6. The van der Waals surface area contributed by atoms with Gasteiger partial charge in [-0.2, -0.15) is 0 Å². The number of ether oxygens (including phenoxy) is 2. The molecule has 1 N–H and O–H groups in total. The Morgan fingerprint density at radius 1 is 1.13 bits per heavy atom. The molecule has 2 atom stereocenters. The Hall–Kier alpha value is -2.40. The Morgan fingerprint density at radius 3 is 2.61 bits per heavy atom. The first kappa shape index (κ1) is 15.5. The smallest absolute Gasteiger partial charge is 0.303 e. The van der Waals surface area contributed by atoms with Gasteiger partial charge in [-0.1, -0.05) is 30.3 Å². The van der Waals surface area contributed by atoms with Crippen LogP contribution in [0.5, 0.6) is 5.88 Å². The quantitative estimate of drug-likeness (QED) is 0.759. The summed E-state index contributed by atoms with van der Waals surface area (Å²) in [7, 11) is 0. The normalized spacial score (nSPS) is 19.3. The molecular weight excluding hydrogens is 294 g/mol. The van der Waals surface area contributed by atoms with Crippen LogP contribution >= 0.6 is 0 Å². The second-order valence-electron chi connectivity index (χ2n) is 5.62. The molecule has 0 spiro atoms. The minimum atomic E-state index is -0.767. The molecule has 5 nitrogen and oxygen atoms in total. The zero-order chi connectivity index (χ0) is 16.1. The van der Waals surface area contributed by atoms with E-state index in [0.29, 0.717) is 18.9 Å². The minimum absolute atomic E-state index is 0.0956. The van der Waals surface area contributed by atoms with Crippen molar-refractivity contribution in [3.8, 4) is 5.88 Å². The van der Waals surface area contributed by atoms with Crippen LogP contribution in [-0.2, 0) is 22.6 Å². The van der Waals surface area contributed by atoms with Crippen LogP contribution in [0.1, 0.15) is 24.0 Å². The second-order valence-corrected chi connectivity index (χ2v) is 5.62. The third-order valence-electron chi connectivity index (χ3n) is 3.81. The van der Waals surface area contributed by atoms with Crippen molar-refractivity contribution in [1.29, 1.82) is 0 Å². The number of rotatable bonds is 8. The number of nitrogens with zero attached hydrogens (tertiary/aromatic N) is 1. The molecule has 2 heterocycles. The summed E-state index contributed by atoms with van der Waals surface area (Å²) < 4.78 is 11.1. The van der Waals surface area contributed by atoms with Crippen molar-refractivity contribution in [2.24, 2.45) is 0 Å². The predicted molar refractivity (Wildman–Crippen MR) is 84.2 cm³/mol. The third kappa shape index (κ3) is 4.79. The second kappa shape index (κ2) is 7.24. The average Bonchev–Trinajstić information content (AvgIpc) is 3.31. The van der Waals surface area contributed by atoms with Gasteiger partial charge in [-0.05, 0) is 23.6 Å². The van der Waals surface area contributed by atoms with E-state index in [2.05, 4.69) is 17.1 Å². The van der Waals surface area contributed by atoms with Gasteiger partial charge in [-0.3, -0.25) is 4.79 Å². The minimum Gasteiger partial charge on any atom is -0.481 e. The number of carboxylic acid groups (broad SMARTS) is 1. The van der Waals surface area contributed by atoms with Crippen molar-refractivity contribution in [2.75, 3.05) is 0 Å². The number of aliphatic carboxylic acids is 1. The number of benzene rings is 1. The van der Waals surface area contributed by atoms with Gasteiger partial charge in [0.2, 0.25) is 5.88 Å². The summed E-state index contributed by atoms with van der Waals surface area (Å²) in [5.74, 6) is -0.152. The maximum atomic E-state index is 10.5. The molecule has 1 aromatic carbocycles. The Bertz CT molecular complexity index is 642.